The number of esters is 1. The molecule has 8 nitrogen and oxygen atoms in total. The van der Waals surface area contributed by atoms with E-state index in [1.165, 1.54) is 54.9 Å². The van der Waals surface area contributed by atoms with Gasteiger partial charge in [0.2, 0.25) is 0 Å². The van der Waals surface area contributed by atoms with E-state index >= 15 is 0 Å². The largest absolute Gasteiger partial charge is 0.465 e. The van der Waals surface area contributed by atoms with Crippen LogP contribution in [0.5, 0.6) is 0 Å². The van der Waals surface area contributed by atoms with Crippen molar-refractivity contribution in [3.8, 4) is 12.3 Å². The highest BCUT2D eigenvalue weighted by atomic mass is 32.1. The third-order valence-electron chi connectivity index (χ3n) is 4.08. The lowest BCUT2D eigenvalue weighted by molar-refractivity contribution is -0.384. The zero-order valence-corrected chi connectivity index (χ0v) is 16.6. The molecule has 9 heteroatoms. The van der Waals surface area contributed by atoms with E-state index < -0.39 is 16.8 Å². The first-order chi connectivity index (χ1) is 14.4. The molecule has 0 aliphatic carbocycles. The number of terminal acetylenes is 1. The van der Waals surface area contributed by atoms with Crippen molar-refractivity contribution in [2.24, 2.45) is 4.99 Å². The highest BCUT2D eigenvalue weighted by molar-refractivity contribution is 7.16. The van der Waals surface area contributed by atoms with Gasteiger partial charge in [-0.2, -0.15) is 4.99 Å². The normalized spacial score (nSPS) is 11.5. The summed E-state index contributed by atoms with van der Waals surface area (Å²) in [6.45, 7) is 0.204. The second kappa shape index (κ2) is 8.98. The van der Waals surface area contributed by atoms with Crippen LogP contribution in [-0.2, 0) is 16.1 Å². The van der Waals surface area contributed by atoms with E-state index in [9.17, 15) is 19.7 Å². The van der Waals surface area contributed by atoms with Gasteiger partial charge in [0.25, 0.3) is 11.6 Å². The van der Waals surface area contributed by atoms with Crippen LogP contribution in [0.25, 0.3) is 16.3 Å². The number of carbonyl (C=O) groups is 2. The molecule has 0 atom stereocenters. The number of carbonyl (C=O) groups excluding carboxylic acids is 2. The minimum Gasteiger partial charge on any atom is -0.465 e. The van der Waals surface area contributed by atoms with Crippen LogP contribution in [0.15, 0.2) is 53.5 Å². The molecule has 2 aromatic carbocycles. The quantitative estimate of drug-likeness (QED) is 0.207. The van der Waals surface area contributed by atoms with Crippen LogP contribution in [-0.4, -0.2) is 28.5 Å². The highest BCUT2D eigenvalue weighted by Crippen LogP contribution is 2.20. The molecule has 3 rings (SSSR count). The fourth-order valence-electron chi connectivity index (χ4n) is 2.65. The highest BCUT2D eigenvalue weighted by Gasteiger charge is 2.11. The number of amides is 1. The van der Waals surface area contributed by atoms with E-state index in [0.717, 1.165) is 10.2 Å². The molecule has 0 N–H and O–H groups in total. The Kier molecular flexibility index (Phi) is 6.20. The van der Waals surface area contributed by atoms with Crippen molar-refractivity contribution >= 4 is 45.2 Å². The van der Waals surface area contributed by atoms with Crippen molar-refractivity contribution in [3.63, 3.8) is 0 Å². The standard InChI is InChI=1S/C21H15N3O5S/c1-3-12-23-17-10-7-15(20(26)29-2)13-18(17)30-21(23)22-19(25)11-6-14-4-8-16(9-5-14)24(27)28/h1,4-11,13H,12H2,2H3/b11-6-,22-21?. The molecule has 0 spiro atoms. The molecule has 0 saturated heterocycles. The summed E-state index contributed by atoms with van der Waals surface area (Å²) in [5.41, 5.74) is 1.72. The SMILES string of the molecule is C#CCn1c(=NC(=O)/C=C\c2ccc([N+](=O)[O-])cc2)sc2cc(C(=O)OC)ccc21. The molecule has 1 heterocycles. The second-order valence-electron chi connectivity index (χ2n) is 5.98. The average Bonchev–Trinajstić information content (AvgIpc) is 3.08. The molecular formula is C21H15N3O5S. The van der Waals surface area contributed by atoms with Crippen molar-refractivity contribution in [3.05, 3.63) is 74.6 Å². The molecule has 3 aromatic rings. The molecule has 150 valence electrons. The van der Waals surface area contributed by atoms with E-state index in [1.807, 2.05) is 0 Å². The van der Waals surface area contributed by atoms with E-state index in [0.29, 0.717) is 15.9 Å². The van der Waals surface area contributed by atoms with Gasteiger partial charge in [-0.3, -0.25) is 14.9 Å². The Labute approximate surface area is 174 Å². The van der Waals surface area contributed by atoms with Crippen molar-refractivity contribution in [1.29, 1.82) is 0 Å². The Bertz CT molecular complexity index is 1280. The molecule has 0 saturated carbocycles. The number of hydrogen-bond acceptors (Lipinski definition) is 6. The van der Waals surface area contributed by atoms with Gasteiger partial charge in [-0.15, -0.1) is 6.42 Å². The molecule has 0 aliphatic heterocycles. The lowest BCUT2D eigenvalue weighted by Gasteiger charge is -2.01. The molecular weight excluding hydrogens is 406 g/mol. The summed E-state index contributed by atoms with van der Waals surface area (Å²) in [5, 5.41) is 10.7. The molecule has 30 heavy (non-hydrogen) atoms. The molecule has 0 aliphatic rings. The topological polar surface area (TPSA) is 104 Å². The van der Waals surface area contributed by atoms with Gasteiger partial charge in [-0.25, -0.2) is 4.79 Å². The Balaban J connectivity index is 1.94. The predicted octanol–water partition coefficient (Wildman–Crippen LogP) is 3.17. The lowest BCUT2D eigenvalue weighted by atomic mass is 10.2. The van der Waals surface area contributed by atoms with Crippen molar-refractivity contribution in [2.75, 3.05) is 7.11 Å². The summed E-state index contributed by atoms with van der Waals surface area (Å²) >= 11 is 1.22. The number of benzene rings is 2. The number of nitro groups is 1. The van der Waals surface area contributed by atoms with Gasteiger partial charge in [-0.1, -0.05) is 17.3 Å². The molecule has 1 aromatic heterocycles. The van der Waals surface area contributed by atoms with Crippen LogP contribution in [0.1, 0.15) is 15.9 Å². The minimum atomic E-state index is -0.515. The van der Waals surface area contributed by atoms with Crippen LogP contribution in [0.4, 0.5) is 5.69 Å². The number of aromatic nitrogens is 1. The Morgan fingerprint density at radius 2 is 2.03 bits per heavy atom. The molecule has 1 amide bonds. The number of ether oxygens (including phenoxy) is 1. The third kappa shape index (κ3) is 4.51. The van der Waals surface area contributed by atoms with Crippen LogP contribution in [0.2, 0.25) is 0 Å². The van der Waals surface area contributed by atoms with Gasteiger partial charge in [-0.05, 0) is 42.0 Å². The smallest absolute Gasteiger partial charge is 0.337 e. The number of fused-ring (bicyclic) bond motifs is 1. The average molecular weight is 421 g/mol. The number of methoxy groups -OCH3 is 1. The number of rotatable bonds is 5. The maximum absolute atomic E-state index is 12.3. The van der Waals surface area contributed by atoms with E-state index in [1.54, 1.807) is 22.8 Å². The van der Waals surface area contributed by atoms with Gasteiger partial charge >= 0.3 is 5.97 Å². The van der Waals surface area contributed by atoms with Crippen molar-refractivity contribution in [2.45, 2.75) is 6.54 Å². The first kappa shape index (κ1) is 20.7. The minimum absolute atomic E-state index is 0.0323. The Morgan fingerprint density at radius 3 is 2.67 bits per heavy atom. The molecule has 0 unspecified atom stereocenters. The summed E-state index contributed by atoms with van der Waals surface area (Å²) < 4.78 is 7.17. The maximum Gasteiger partial charge on any atom is 0.337 e. The fraction of sp³-hybridized carbons (Fsp3) is 0.0952. The number of non-ortho nitro benzene ring substituents is 1. The summed E-state index contributed by atoms with van der Waals surface area (Å²) in [7, 11) is 1.30. The molecule has 0 fully saturated rings. The Hall–Kier alpha value is -4.03. The second-order valence-corrected chi connectivity index (χ2v) is 6.99. The lowest BCUT2D eigenvalue weighted by Crippen LogP contribution is -2.15. The fourth-order valence-corrected chi connectivity index (χ4v) is 3.73. The maximum atomic E-state index is 12.3. The van der Waals surface area contributed by atoms with E-state index in [-0.39, 0.29) is 12.2 Å². The molecule has 0 bridgehead atoms. The predicted molar refractivity (Wildman–Crippen MR) is 113 cm³/mol. The zero-order valence-electron chi connectivity index (χ0n) is 15.8. The van der Waals surface area contributed by atoms with Crippen molar-refractivity contribution < 1.29 is 19.2 Å². The van der Waals surface area contributed by atoms with Gasteiger partial charge in [0.1, 0.15) is 0 Å². The van der Waals surface area contributed by atoms with Gasteiger partial charge in [0, 0.05) is 18.2 Å². The van der Waals surface area contributed by atoms with Crippen LogP contribution in [0.3, 0.4) is 0 Å². The van der Waals surface area contributed by atoms with Gasteiger partial charge in [0.05, 0.1) is 34.4 Å². The van der Waals surface area contributed by atoms with Crippen LogP contribution < -0.4 is 4.80 Å². The van der Waals surface area contributed by atoms with Gasteiger partial charge < -0.3 is 9.30 Å². The molecule has 0 radical (unpaired) electrons. The summed E-state index contributed by atoms with van der Waals surface area (Å²) in [6.07, 6.45) is 8.24. The monoisotopic (exact) mass is 421 g/mol. The van der Waals surface area contributed by atoms with E-state index in [2.05, 4.69) is 10.9 Å². The number of thiazole rings is 1. The summed E-state index contributed by atoms with van der Waals surface area (Å²) in [4.78, 5) is 38.8. The van der Waals surface area contributed by atoms with E-state index in [4.69, 9.17) is 11.2 Å². The summed E-state index contributed by atoms with van der Waals surface area (Å²) in [5.74, 6) is 1.55. The zero-order chi connectivity index (χ0) is 21.7. The number of nitrogens with zero attached hydrogens (tertiary/aromatic N) is 3. The Morgan fingerprint density at radius 1 is 1.30 bits per heavy atom. The van der Waals surface area contributed by atoms with Crippen molar-refractivity contribution in [1.82, 2.24) is 4.57 Å². The number of nitro benzene ring substituents is 1. The number of hydrogen-bond donors (Lipinski definition) is 0. The van der Waals surface area contributed by atoms with Gasteiger partial charge in [0.15, 0.2) is 4.80 Å². The van der Waals surface area contributed by atoms with Crippen LogP contribution in [0, 0.1) is 22.5 Å². The first-order valence-corrected chi connectivity index (χ1v) is 9.41. The van der Waals surface area contributed by atoms with Crippen LogP contribution >= 0.6 is 11.3 Å². The third-order valence-corrected chi connectivity index (χ3v) is 5.12. The first-order valence-electron chi connectivity index (χ1n) is 8.59. The summed E-state index contributed by atoms with van der Waals surface area (Å²) in [6, 6.07) is 10.8.